The van der Waals surface area contributed by atoms with Gasteiger partial charge in [-0.3, -0.25) is 0 Å². The molecule has 3 aromatic rings. The molecule has 5 nitrogen and oxygen atoms in total. The van der Waals surface area contributed by atoms with Gasteiger partial charge in [-0.1, -0.05) is 23.5 Å². The zero-order valence-corrected chi connectivity index (χ0v) is 13.5. The molecule has 0 N–H and O–H groups in total. The first kappa shape index (κ1) is 13.7. The van der Waals surface area contributed by atoms with Crippen molar-refractivity contribution in [3.63, 3.8) is 0 Å². The molecule has 1 aromatic carbocycles. The van der Waals surface area contributed by atoms with E-state index in [2.05, 4.69) is 53.1 Å². The Hall–Kier alpha value is -1.92. The molecule has 0 saturated carbocycles. The van der Waals surface area contributed by atoms with Crippen molar-refractivity contribution in [2.24, 2.45) is 0 Å². The molecule has 2 aromatic heterocycles. The highest BCUT2D eigenvalue weighted by Crippen LogP contribution is 2.34. The first-order valence-electron chi connectivity index (χ1n) is 7.50. The highest BCUT2D eigenvalue weighted by Gasteiger charge is 2.24. The number of morpholine rings is 1. The normalized spacial score (nSPS) is 22.4. The van der Waals surface area contributed by atoms with Crippen molar-refractivity contribution < 1.29 is 4.74 Å². The average Bonchev–Trinajstić information content (AvgIpc) is 3.07. The van der Waals surface area contributed by atoms with E-state index in [0.717, 1.165) is 23.1 Å². The summed E-state index contributed by atoms with van der Waals surface area (Å²) in [5, 5.41) is 5.66. The predicted octanol–water partition coefficient (Wildman–Crippen LogP) is 3.07. The smallest absolute Gasteiger partial charge is 0.212 e. The molecule has 0 unspecified atom stereocenters. The zero-order valence-electron chi connectivity index (χ0n) is 12.6. The van der Waals surface area contributed by atoms with Crippen LogP contribution in [0.25, 0.3) is 15.5 Å². The SMILES string of the molecule is C[C@@H]1CN(c2ccccc2-c2nn3ccnc3s2)C[C@H](C)O1. The molecule has 6 heteroatoms. The minimum atomic E-state index is 0.241. The van der Waals surface area contributed by atoms with Gasteiger partial charge < -0.3 is 9.64 Å². The van der Waals surface area contributed by atoms with Gasteiger partial charge >= 0.3 is 0 Å². The van der Waals surface area contributed by atoms with Crippen molar-refractivity contribution in [2.75, 3.05) is 18.0 Å². The van der Waals surface area contributed by atoms with E-state index in [-0.39, 0.29) is 12.2 Å². The molecular weight excluding hydrogens is 296 g/mol. The second-order valence-electron chi connectivity index (χ2n) is 5.74. The van der Waals surface area contributed by atoms with Crippen LogP contribution in [0, 0.1) is 0 Å². The van der Waals surface area contributed by atoms with Crippen molar-refractivity contribution in [1.29, 1.82) is 0 Å². The van der Waals surface area contributed by atoms with Crippen LogP contribution in [0.5, 0.6) is 0 Å². The molecule has 1 aliphatic rings. The first-order valence-corrected chi connectivity index (χ1v) is 8.32. The number of hydrogen-bond donors (Lipinski definition) is 0. The van der Waals surface area contributed by atoms with E-state index in [1.807, 2.05) is 10.7 Å². The number of anilines is 1. The first-order chi connectivity index (χ1) is 10.7. The van der Waals surface area contributed by atoms with Crippen molar-refractivity contribution in [2.45, 2.75) is 26.1 Å². The number of hydrogen-bond acceptors (Lipinski definition) is 5. The minimum Gasteiger partial charge on any atom is -0.372 e. The van der Waals surface area contributed by atoms with Gasteiger partial charge in [0, 0.05) is 30.5 Å². The Bertz CT molecular complexity index is 758. The van der Waals surface area contributed by atoms with Gasteiger partial charge in [-0.25, -0.2) is 9.50 Å². The lowest BCUT2D eigenvalue weighted by Crippen LogP contribution is -2.45. The molecule has 4 rings (SSSR count). The van der Waals surface area contributed by atoms with Crippen molar-refractivity contribution in [3.05, 3.63) is 36.7 Å². The summed E-state index contributed by atoms with van der Waals surface area (Å²) in [4.78, 5) is 7.64. The van der Waals surface area contributed by atoms with E-state index in [0.29, 0.717) is 0 Å². The fourth-order valence-electron chi connectivity index (χ4n) is 3.05. The summed E-state index contributed by atoms with van der Waals surface area (Å²) in [5.41, 5.74) is 2.39. The minimum absolute atomic E-state index is 0.241. The summed E-state index contributed by atoms with van der Waals surface area (Å²) >= 11 is 1.62. The van der Waals surface area contributed by atoms with Gasteiger partial charge in [-0.2, -0.15) is 5.10 Å². The third-order valence-corrected chi connectivity index (χ3v) is 4.84. The van der Waals surface area contributed by atoms with Gasteiger partial charge in [0.25, 0.3) is 0 Å². The summed E-state index contributed by atoms with van der Waals surface area (Å²) in [5.74, 6) is 0. The molecule has 1 aliphatic heterocycles. The van der Waals surface area contributed by atoms with Gasteiger partial charge in [0.15, 0.2) is 0 Å². The summed E-state index contributed by atoms with van der Waals surface area (Å²) in [6, 6.07) is 8.46. The molecule has 1 saturated heterocycles. The van der Waals surface area contributed by atoms with E-state index in [4.69, 9.17) is 4.74 Å². The van der Waals surface area contributed by atoms with Gasteiger partial charge in [0.2, 0.25) is 4.96 Å². The van der Waals surface area contributed by atoms with E-state index < -0.39 is 0 Å². The van der Waals surface area contributed by atoms with Crippen molar-refractivity contribution in [3.8, 4) is 10.6 Å². The number of para-hydroxylation sites is 1. The van der Waals surface area contributed by atoms with Gasteiger partial charge in [0.05, 0.1) is 18.4 Å². The van der Waals surface area contributed by atoms with Crippen molar-refractivity contribution >= 4 is 22.0 Å². The molecule has 0 bridgehead atoms. The number of nitrogens with zero attached hydrogens (tertiary/aromatic N) is 4. The molecule has 3 heterocycles. The quantitative estimate of drug-likeness (QED) is 0.729. The van der Waals surface area contributed by atoms with Gasteiger partial charge in [-0.05, 0) is 26.0 Å². The molecule has 22 heavy (non-hydrogen) atoms. The average molecular weight is 314 g/mol. The monoisotopic (exact) mass is 314 g/mol. The second-order valence-corrected chi connectivity index (χ2v) is 6.70. The number of fused-ring (bicyclic) bond motifs is 1. The second kappa shape index (κ2) is 5.37. The number of aromatic nitrogens is 3. The maximum Gasteiger partial charge on any atom is 0.212 e. The summed E-state index contributed by atoms with van der Waals surface area (Å²) in [7, 11) is 0. The maximum absolute atomic E-state index is 5.85. The molecule has 1 fully saturated rings. The third-order valence-electron chi connectivity index (χ3n) is 3.87. The number of imidazole rings is 1. The van der Waals surface area contributed by atoms with Crippen LogP contribution >= 0.6 is 11.3 Å². The third kappa shape index (κ3) is 2.38. The van der Waals surface area contributed by atoms with Crippen LogP contribution in [0.2, 0.25) is 0 Å². The Morgan fingerprint density at radius 1 is 1.18 bits per heavy atom. The maximum atomic E-state index is 5.85. The summed E-state index contributed by atoms with van der Waals surface area (Å²) in [6.07, 6.45) is 4.15. The Morgan fingerprint density at radius 3 is 2.73 bits per heavy atom. The lowest BCUT2D eigenvalue weighted by atomic mass is 10.1. The van der Waals surface area contributed by atoms with Crippen molar-refractivity contribution in [1.82, 2.24) is 14.6 Å². The van der Waals surface area contributed by atoms with Crippen LogP contribution in [0.3, 0.4) is 0 Å². The summed E-state index contributed by atoms with van der Waals surface area (Å²) in [6.45, 7) is 6.07. The van der Waals surface area contributed by atoms with E-state index in [9.17, 15) is 0 Å². The van der Waals surface area contributed by atoms with Crippen LogP contribution in [-0.4, -0.2) is 39.9 Å². The Labute approximate surface area is 133 Å². The molecule has 114 valence electrons. The zero-order chi connectivity index (χ0) is 15.1. The topological polar surface area (TPSA) is 42.7 Å². The van der Waals surface area contributed by atoms with E-state index in [1.165, 1.54) is 11.3 Å². The lowest BCUT2D eigenvalue weighted by Gasteiger charge is -2.37. The van der Waals surface area contributed by atoms with Crippen LogP contribution in [0.1, 0.15) is 13.8 Å². The van der Waals surface area contributed by atoms with Gasteiger partial charge in [-0.15, -0.1) is 0 Å². The van der Waals surface area contributed by atoms with Crippen LogP contribution in [0.15, 0.2) is 36.7 Å². The van der Waals surface area contributed by atoms with Crippen LogP contribution in [0.4, 0.5) is 5.69 Å². The highest BCUT2D eigenvalue weighted by atomic mass is 32.1. The highest BCUT2D eigenvalue weighted by molar-refractivity contribution is 7.19. The molecular formula is C16H18N4OS. The Balaban J connectivity index is 1.76. The molecule has 0 aliphatic carbocycles. The fraction of sp³-hybridized carbons (Fsp3) is 0.375. The lowest BCUT2D eigenvalue weighted by molar-refractivity contribution is -0.00518. The molecule has 0 spiro atoms. The van der Waals surface area contributed by atoms with Gasteiger partial charge in [0.1, 0.15) is 5.01 Å². The van der Waals surface area contributed by atoms with E-state index in [1.54, 1.807) is 17.5 Å². The van der Waals surface area contributed by atoms with Crippen LogP contribution in [-0.2, 0) is 4.74 Å². The largest absolute Gasteiger partial charge is 0.372 e. The predicted molar refractivity (Wildman–Crippen MR) is 88.5 cm³/mol. The Kier molecular flexibility index (Phi) is 3.35. The standard InChI is InChI=1S/C16H18N4OS/c1-11-9-19(10-12(2)21-11)14-6-4-3-5-13(14)15-18-20-8-7-17-16(20)22-15/h3-8,11-12H,9-10H2,1-2H3/t11-,12+. The van der Waals surface area contributed by atoms with E-state index >= 15 is 0 Å². The molecule has 2 atom stereocenters. The van der Waals surface area contributed by atoms with Crippen LogP contribution < -0.4 is 4.90 Å². The Morgan fingerprint density at radius 2 is 1.95 bits per heavy atom. The summed E-state index contributed by atoms with van der Waals surface area (Å²) < 4.78 is 7.68. The molecule has 0 amide bonds. The number of rotatable bonds is 2. The number of ether oxygens (including phenoxy) is 1. The number of benzene rings is 1. The fourth-order valence-corrected chi connectivity index (χ4v) is 3.94. The molecule has 0 radical (unpaired) electrons.